The molecule has 1 fully saturated rings. The van der Waals surface area contributed by atoms with E-state index in [-0.39, 0.29) is 24.0 Å². The predicted octanol–water partition coefficient (Wildman–Crippen LogP) is 1.95. The van der Waals surface area contributed by atoms with Crippen LogP contribution in [0.1, 0.15) is 26.7 Å². The first-order chi connectivity index (χ1) is 13.4. The van der Waals surface area contributed by atoms with Gasteiger partial charge >= 0.3 is 0 Å². The second kappa shape index (κ2) is 7.85. The summed E-state index contributed by atoms with van der Waals surface area (Å²) in [6, 6.07) is 0.379. The lowest BCUT2D eigenvalue weighted by molar-refractivity contribution is -0.127. The van der Waals surface area contributed by atoms with Crippen LogP contribution in [0.4, 0.5) is 0 Å². The van der Waals surface area contributed by atoms with Crippen molar-refractivity contribution in [2.24, 2.45) is 5.92 Å². The Morgan fingerprint density at radius 3 is 2.68 bits per heavy atom. The van der Waals surface area contributed by atoms with E-state index in [0.29, 0.717) is 24.7 Å². The second-order valence-corrected chi connectivity index (χ2v) is 8.45. The molecule has 28 heavy (non-hydrogen) atoms. The van der Waals surface area contributed by atoms with Gasteiger partial charge in [-0.15, -0.1) is 0 Å². The molecule has 2 aliphatic heterocycles. The predicted molar refractivity (Wildman–Crippen MR) is 107 cm³/mol. The van der Waals surface area contributed by atoms with Crippen LogP contribution < -0.4 is 0 Å². The van der Waals surface area contributed by atoms with Crippen molar-refractivity contribution < 1.29 is 19.7 Å². The Kier molecular flexibility index (Phi) is 5.45. The van der Waals surface area contributed by atoms with E-state index in [2.05, 4.69) is 17.1 Å². The standard InChI is InChI=1S/C22H30N2O4/c1-14(2)18-10-19(21(26)11-20(18)25)22(27)24-12-15-3-4-17(9-16(15)13-24)23-5-7-28-8-6-23/h3-4,10,14,17,21,25-26H,5-9,11-13H2,1-2H3. The topological polar surface area (TPSA) is 73.2 Å². The molecule has 0 aromatic heterocycles. The van der Waals surface area contributed by atoms with Gasteiger partial charge in [-0.25, -0.2) is 0 Å². The maximum atomic E-state index is 13.1. The van der Waals surface area contributed by atoms with Crippen molar-refractivity contribution in [2.75, 3.05) is 39.4 Å². The molecular formula is C22H30N2O4. The molecule has 0 aromatic rings. The SMILES string of the molecule is CC(C)C1=C(O)CC(O)C(C(=O)N2CC3=C(CC(N4CCOCC4)C=C3)C2)=C1. The van der Waals surface area contributed by atoms with Crippen molar-refractivity contribution in [2.45, 2.75) is 38.8 Å². The summed E-state index contributed by atoms with van der Waals surface area (Å²) in [4.78, 5) is 17.4. The summed E-state index contributed by atoms with van der Waals surface area (Å²) in [6.45, 7) is 8.65. The molecule has 2 atom stereocenters. The van der Waals surface area contributed by atoms with Crippen molar-refractivity contribution >= 4 is 5.91 Å². The van der Waals surface area contributed by atoms with Crippen LogP contribution in [-0.2, 0) is 9.53 Å². The first-order valence-electron chi connectivity index (χ1n) is 10.3. The number of hydrogen-bond donors (Lipinski definition) is 2. The van der Waals surface area contributed by atoms with E-state index in [4.69, 9.17) is 4.74 Å². The first kappa shape index (κ1) is 19.4. The number of allylic oxidation sites excluding steroid dienone is 2. The number of ether oxygens (including phenoxy) is 1. The fraction of sp³-hybridized carbons (Fsp3) is 0.591. The van der Waals surface area contributed by atoms with Gasteiger partial charge in [-0.05, 0) is 35.1 Å². The minimum absolute atomic E-state index is 0.109. The van der Waals surface area contributed by atoms with Crippen molar-refractivity contribution in [3.63, 3.8) is 0 Å². The molecule has 6 nitrogen and oxygen atoms in total. The monoisotopic (exact) mass is 386 g/mol. The highest BCUT2D eigenvalue weighted by atomic mass is 16.5. The summed E-state index contributed by atoms with van der Waals surface area (Å²) in [5.74, 6) is 0.176. The van der Waals surface area contributed by atoms with Gasteiger partial charge in [0.2, 0.25) is 0 Å². The van der Waals surface area contributed by atoms with E-state index in [0.717, 1.165) is 38.3 Å². The molecule has 0 radical (unpaired) electrons. The maximum absolute atomic E-state index is 13.1. The molecule has 6 heteroatoms. The number of morpholine rings is 1. The molecule has 0 bridgehead atoms. The summed E-state index contributed by atoms with van der Waals surface area (Å²) in [7, 11) is 0. The van der Waals surface area contributed by atoms with Crippen molar-refractivity contribution in [1.82, 2.24) is 9.80 Å². The minimum Gasteiger partial charge on any atom is -0.512 e. The van der Waals surface area contributed by atoms with Crippen LogP contribution in [0.2, 0.25) is 0 Å². The Bertz CT molecular complexity index is 771. The van der Waals surface area contributed by atoms with E-state index < -0.39 is 6.10 Å². The van der Waals surface area contributed by atoms with Crippen LogP contribution in [0.25, 0.3) is 0 Å². The first-order valence-corrected chi connectivity index (χ1v) is 10.3. The van der Waals surface area contributed by atoms with Crippen LogP contribution in [0.5, 0.6) is 0 Å². The molecule has 0 saturated carbocycles. The summed E-state index contributed by atoms with van der Waals surface area (Å²) in [6.07, 6.45) is 6.25. The van der Waals surface area contributed by atoms with Crippen LogP contribution >= 0.6 is 0 Å². The fourth-order valence-electron chi connectivity index (χ4n) is 4.57. The number of carbonyl (C=O) groups excluding carboxylic acids is 1. The van der Waals surface area contributed by atoms with Gasteiger partial charge in [-0.1, -0.05) is 26.0 Å². The van der Waals surface area contributed by atoms with Crippen molar-refractivity contribution in [1.29, 1.82) is 0 Å². The number of aliphatic hydroxyl groups is 2. The molecule has 4 rings (SSSR count). The van der Waals surface area contributed by atoms with Crippen LogP contribution in [0.15, 0.2) is 46.3 Å². The second-order valence-electron chi connectivity index (χ2n) is 8.45. The Morgan fingerprint density at radius 2 is 1.96 bits per heavy atom. The van der Waals surface area contributed by atoms with Crippen LogP contribution in [0, 0.1) is 5.92 Å². The Labute approximate surface area is 166 Å². The zero-order valence-electron chi connectivity index (χ0n) is 16.7. The van der Waals surface area contributed by atoms with Crippen LogP contribution in [-0.4, -0.2) is 77.5 Å². The fourth-order valence-corrected chi connectivity index (χ4v) is 4.57. The van der Waals surface area contributed by atoms with Gasteiger partial charge < -0.3 is 19.8 Å². The number of rotatable bonds is 3. The largest absolute Gasteiger partial charge is 0.512 e. The summed E-state index contributed by atoms with van der Waals surface area (Å²) in [5.41, 5.74) is 3.69. The van der Waals surface area contributed by atoms with Gasteiger partial charge in [0.1, 0.15) is 0 Å². The summed E-state index contributed by atoms with van der Waals surface area (Å²) >= 11 is 0. The molecule has 1 saturated heterocycles. The average molecular weight is 386 g/mol. The highest BCUT2D eigenvalue weighted by Crippen LogP contribution is 2.33. The Morgan fingerprint density at radius 1 is 1.21 bits per heavy atom. The number of amides is 1. The number of carbonyl (C=O) groups is 1. The molecule has 4 aliphatic rings. The van der Waals surface area contributed by atoms with Crippen molar-refractivity contribution in [3.05, 3.63) is 46.3 Å². The number of nitrogens with zero attached hydrogens (tertiary/aromatic N) is 2. The third-order valence-corrected chi connectivity index (χ3v) is 6.23. The maximum Gasteiger partial charge on any atom is 0.253 e. The normalized spacial score (nSPS) is 28.9. The zero-order valence-corrected chi connectivity index (χ0v) is 16.7. The smallest absolute Gasteiger partial charge is 0.253 e. The van der Waals surface area contributed by atoms with E-state index in [9.17, 15) is 15.0 Å². The van der Waals surface area contributed by atoms with E-state index in [1.807, 2.05) is 18.7 Å². The summed E-state index contributed by atoms with van der Waals surface area (Å²) < 4.78 is 5.45. The minimum atomic E-state index is -0.940. The van der Waals surface area contributed by atoms with Gasteiger partial charge in [0.15, 0.2) is 0 Å². The molecule has 2 N–H and O–H groups in total. The molecule has 0 spiro atoms. The zero-order chi connectivity index (χ0) is 19.8. The van der Waals surface area contributed by atoms with Crippen LogP contribution in [0.3, 0.4) is 0 Å². The van der Waals surface area contributed by atoms with Gasteiger partial charge in [0, 0.05) is 44.2 Å². The van der Waals surface area contributed by atoms with E-state index in [1.54, 1.807) is 6.08 Å². The molecule has 2 heterocycles. The molecule has 1 amide bonds. The quantitative estimate of drug-likeness (QED) is 0.776. The molecule has 2 unspecified atom stereocenters. The van der Waals surface area contributed by atoms with Gasteiger partial charge in [-0.3, -0.25) is 9.69 Å². The highest BCUT2D eigenvalue weighted by molar-refractivity contribution is 5.96. The lowest BCUT2D eigenvalue weighted by atomic mass is 9.89. The van der Waals surface area contributed by atoms with Gasteiger partial charge in [0.25, 0.3) is 5.91 Å². The molecular weight excluding hydrogens is 356 g/mol. The molecule has 0 aromatic carbocycles. The lowest BCUT2D eigenvalue weighted by Gasteiger charge is -2.34. The third kappa shape index (κ3) is 3.69. The highest BCUT2D eigenvalue weighted by Gasteiger charge is 2.35. The molecule has 152 valence electrons. The van der Waals surface area contributed by atoms with E-state index in [1.165, 1.54) is 11.1 Å². The van der Waals surface area contributed by atoms with Gasteiger partial charge in [0.05, 0.1) is 25.1 Å². The Hall–Kier alpha value is -1.89. The third-order valence-electron chi connectivity index (χ3n) is 6.23. The lowest BCUT2D eigenvalue weighted by Crippen LogP contribution is -2.43. The number of hydrogen-bond acceptors (Lipinski definition) is 5. The average Bonchev–Trinajstić information content (AvgIpc) is 3.11. The Balaban J connectivity index is 1.44. The van der Waals surface area contributed by atoms with Crippen molar-refractivity contribution in [3.8, 4) is 0 Å². The molecule has 2 aliphatic carbocycles. The summed E-state index contributed by atoms with van der Waals surface area (Å²) in [5, 5.41) is 20.5. The van der Waals surface area contributed by atoms with E-state index >= 15 is 0 Å². The van der Waals surface area contributed by atoms with Gasteiger partial charge in [-0.2, -0.15) is 0 Å². The number of aliphatic hydroxyl groups excluding tert-OH is 2.